The molecule has 0 heterocycles. The van der Waals surface area contributed by atoms with E-state index in [0.29, 0.717) is 12.8 Å². The van der Waals surface area contributed by atoms with Crippen LogP contribution in [0.3, 0.4) is 0 Å². The second-order valence-electron chi connectivity index (χ2n) is 13.3. The molecule has 4 nitrogen and oxygen atoms in total. The van der Waals surface area contributed by atoms with Crippen LogP contribution in [0, 0.1) is 11.8 Å². The summed E-state index contributed by atoms with van der Waals surface area (Å²) in [5.74, 6) is -0.558. The molecule has 0 aromatic heterocycles. The Balaban J connectivity index is 2.64. The van der Waals surface area contributed by atoms with Gasteiger partial charge in [-0.2, -0.15) is 0 Å². The average Bonchev–Trinajstić information content (AvgIpc) is 2.74. The van der Waals surface area contributed by atoms with Crippen LogP contribution in [-0.2, 0) is 10.8 Å². The Kier molecular flexibility index (Phi) is 12.0. The van der Waals surface area contributed by atoms with E-state index in [9.17, 15) is 28.0 Å². The molecule has 0 amide bonds. The zero-order valence-corrected chi connectivity index (χ0v) is 27.5. The topological polar surface area (TPSA) is 80.9 Å². The molecule has 4 N–H and O–H groups in total. The third kappa shape index (κ3) is 11.6. The summed E-state index contributed by atoms with van der Waals surface area (Å²) in [4.78, 5) is 38.4. The summed E-state index contributed by atoms with van der Waals surface area (Å²) in [6.45, 7) is 16.6. The summed E-state index contributed by atoms with van der Waals surface area (Å²) in [5.41, 5.74) is 4.28. The van der Waals surface area contributed by atoms with Gasteiger partial charge in [0.2, 0.25) is 0 Å². The molecular weight excluding hydrogens is 556 g/mol. The van der Waals surface area contributed by atoms with E-state index in [1.165, 1.54) is 11.1 Å². The Labute approximate surface area is 239 Å². The molecule has 9 heteroatoms. The molecule has 224 valence electrons. The van der Waals surface area contributed by atoms with Crippen molar-refractivity contribution >= 4 is 27.8 Å². The van der Waals surface area contributed by atoms with Crippen molar-refractivity contribution in [1.82, 2.24) is 0 Å². The monoisotopic (exact) mass is 606 g/mol. The first-order valence-electron chi connectivity index (χ1n) is 13.8. The van der Waals surface area contributed by atoms with E-state index in [2.05, 4.69) is 65.8 Å². The Morgan fingerprint density at radius 3 is 1.23 bits per heavy atom. The summed E-state index contributed by atoms with van der Waals surface area (Å²) >= 11 is 1.72. The molecule has 39 heavy (non-hydrogen) atoms. The third-order valence-electron chi connectivity index (χ3n) is 7.01. The van der Waals surface area contributed by atoms with Crippen molar-refractivity contribution in [2.24, 2.45) is 11.8 Å². The summed E-state index contributed by atoms with van der Waals surface area (Å²) in [6.07, 6.45) is 0.516. The quantitative estimate of drug-likeness (QED) is 0.182. The van der Waals surface area contributed by atoms with Gasteiger partial charge < -0.3 is 0 Å². The van der Waals surface area contributed by atoms with Gasteiger partial charge in [-0.05, 0) is 0 Å². The van der Waals surface area contributed by atoms with Crippen molar-refractivity contribution < 1.29 is 28.0 Å². The van der Waals surface area contributed by atoms with Gasteiger partial charge in [-0.1, -0.05) is 0 Å². The minimum absolute atomic E-state index is 0.104. The fourth-order valence-corrected chi connectivity index (χ4v) is 9.50. The van der Waals surface area contributed by atoms with E-state index >= 15 is 0 Å². The zero-order chi connectivity index (χ0) is 29.8. The fraction of sp³-hybridized carbons (Fsp3) is 0.600. The van der Waals surface area contributed by atoms with E-state index in [-0.39, 0.29) is 45.5 Å². The standard InChI is InChI=1S/C30H50F2O4P2S/c1-21(19-37(31,33)34)17-27(23-13-9-11-15-25(23)29(3,4)5)39-28(18-22(2)20-38(32,35)36)24-14-10-12-16-26(24)30(6,7)8/h9-16,21-22,27-28,33-38H,17-20H2,1-8H3. The van der Waals surface area contributed by atoms with Crippen LogP contribution in [0.4, 0.5) is 8.39 Å². The van der Waals surface area contributed by atoms with Crippen LogP contribution < -0.4 is 0 Å². The van der Waals surface area contributed by atoms with Crippen LogP contribution in [0.25, 0.3) is 0 Å². The van der Waals surface area contributed by atoms with Gasteiger partial charge in [0.1, 0.15) is 0 Å². The van der Waals surface area contributed by atoms with Gasteiger partial charge in [0.05, 0.1) is 0 Å². The summed E-state index contributed by atoms with van der Waals surface area (Å²) in [5, 5.41) is -0.208. The molecule has 0 spiro atoms. The molecule has 0 bridgehead atoms. The van der Waals surface area contributed by atoms with Gasteiger partial charge in [-0.25, -0.2) is 0 Å². The first kappa shape index (κ1) is 34.6. The van der Waals surface area contributed by atoms with Crippen molar-refractivity contribution in [3.8, 4) is 0 Å². The van der Waals surface area contributed by atoms with E-state index in [1.807, 2.05) is 38.1 Å². The first-order valence-corrected chi connectivity index (χ1v) is 18.7. The second-order valence-corrected chi connectivity index (χ2v) is 18.4. The van der Waals surface area contributed by atoms with Gasteiger partial charge in [-0.15, -0.1) is 0 Å². The maximum absolute atomic E-state index is 14.0. The molecule has 2 aromatic carbocycles. The second kappa shape index (κ2) is 13.6. The maximum atomic E-state index is 14.0. The van der Waals surface area contributed by atoms with Crippen LogP contribution in [0.2, 0.25) is 0 Å². The predicted octanol–water partition coefficient (Wildman–Crippen LogP) is 8.75. The van der Waals surface area contributed by atoms with Crippen LogP contribution >= 0.6 is 27.8 Å². The molecule has 0 saturated carbocycles. The average molecular weight is 607 g/mol. The normalized spacial score (nSPS) is 17.4. The van der Waals surface area contributed by atoms with Crippen molar-refractivity contribution in [1.29, 1.82) is 0 Å². The van der Waals surface area contributed by atoms with E-state index in [0.717, 1.165) is 11.1 Å². The SMILES string of the molecule is CC(CC(SC(CC(C)C[PH](O)(O)F)c1ccccc1C(C)(C)C)c1ccccc1C(C)(C)C)C[PH](O)(O)F. The van der Waals surface area contributed by atoms with E-state index in [1.54, 1.807) is 11.8 Å². The Morgan fingerprint density at radius 1 is 0.641 bits per heavy atom. The molecule has 4 unspecified atom stereocenters. The summed E-state index contributed by atoms with van der Waals surface area (Å²) in [7, 11) is -9.46. The molecule has 0 fully saturated rings. The molecule has 2 rings (SSSR count). The number of benzene rings is 2. The molecule has 0 aliphatic carbocycles. The first-order chi connectivity index (χ1) is 17.7. The van der Waals surface area contributed by atoms with Gasteiger partial charge >= 0.3 is 240 Å². The van der Waals surface area contributed by atoms with Crippen molar-refractivity contribution in [3.05, 3.63) is 70.8 Å². The summed E-state index contributed by atoms with van der Waals surface area (Å²) in [6, 6.07) is 16.4. The van der Waals surface area contributed by atoms with Crippen LogP contribution in [0.5, 0.6) is 0 Å². The van der Waals surface area contributed by atoms with Gasteiger partial charge in [0, 0.05) is 0 Å². The number of thioether (sulfide) groups is 1. The molecule has 2 aromatic rings. The zero-order valence-electron chi connectivity index (χ0n) is 24.7. The number of hydrogen-bond donors (Lipinski definition) is 4. The van der Waals surface area contributed by atoms with Crippen LogP contribution in [-0.4, -0.2) is 31.9 Å². The number of halogens is 2. The van der Waals surface area contributed by atoms with Crippen LogP contribution in [0.1, 0.15) is 101 Å². The molecule has 0 saturated heterocycles. The molecule has 0 aliphatic heterocycles. The van der Waals surface area contributed by atoms with E-state index in [4.69, 9.17) is 0 Å². The minimum atomic E-state index is -4.73. The van der Waals surface area contributed by atoms with Crippen LogP contribution in [0.15, 0.2) is 48.5 Å². The predicted molar refractivity (Wildman–Crippen MR) is 168 cm³/mol. The van der Waals surface area contributed by atoms with Gasteiger partial charge in [0.25, 0.3) is 0 Å². The van der Waals surface area contributed by atoms with E-state index < -0.39 is 16.1 Å². The molecule has 4 atom stereocenters. The van der Waals surface area contributed by atoms with Gasteiger partial charge in [0.15, 0.2) is 0 Å². The van der Waals surface area contributed by atoms with Crippen molar-refractivity contribution in [3.63, 3.8) is 0 Å². The number of hydrogen-bond acceptors (Lipinski definition) is 5. The number of rotatable bonds is 12. The fourth-order valence-electron chi connectivity index (χ4n) is 5.42. The molecule has 0 aliphatic rings. The summed E-state index contributed by atoms with van der Waals surface area (Å²) < 4.78 is 27.9. The third-order valence-corrected chi connectivity index (χ3v) is 11.0. The van der Waals surface area contributed by atoms with Gasteiger partial charge in [-0.3, -0.25) is 0 Å². The van der Waals surface area contributed by atoms with Crippen molar-refractivity contribution in [2.45, 2.75) is 89.6 Å². The molecule has 0 radical (unpaired) electrons. The Hall–Kier alpha value is -0.650. The Morgan fingerprint density at radius 2 is 0.949 bits per heavy atom. The molecular formula is C30H50F2O4P2S. The van der Waals surface area contributed by atoms with Crippen molar-refractivity contribution in [2.75, 3.05) is 12.3 Å². The Bertz CT molecular complexity index is 975.